The van der Waals surface area contributed by atoms with E-state index in [1.165, 1.54) is 0 Å². The van der Waals surface area contributed by atoms with Gasteiger partial charge in [0.25, 0.3) is 5.65 Å². The average molecular weight is 360 g/mol. The molecule has 0 radical (unpaired) electrons. The van der Waals surface area contributed by atoms with Crippen LogP contribution in [0.1, 0.15) is 11.3 Å². The zero-order chi connectivity index (χ0) is 19.0. The molecule has 6 nitrogen and oxygen atoms in total. The average Bonchev–Trinajstić information content (AvgIpc) is 3.16. The summed E-state index contributed by atoms with van der Waals surface area (Å²) in [6.45, 7) is 2.21. The summed E-state index contributed by atoms with van der Waals surface area (Å²) in [5.74, 6) is 1.35. The number of fused-ring (bicyclic) bond motifs is 1. The van der Waals surface area contributed by atoms with Crippen LogP contribution in [0, 0.1) is 12.1 Å². The molecule has 0 aliphatic heterocycles. The predicted octanol–water partition coefficient (Wildman–Crippen LogP) is 3.61. The first-order chi connectivity index (χ1) is 13.1. The van der Waals surface area contributed by atoms with E-state index < -0.39 is 0 Å². The number of nitrogens with zero attached hydrogens (tertiary/aromatic N) is 1. The summed E-state index contributed by atoms with van der Waals surface area (Å²) in [6.07, 6.45) is 1.75. The Kier molecular flexibility index (Phi) is 4.18. The summed E-state index contributed by atoms with van der Waals surface area (Å²) in [5.41, 5.74) is 16.2. The molecule has 0 atom stereocenters. The van der Waals surface area contributed by atoms with Gasteiger partial charge in [-0.15, -0.1) is 0 Å². The third kappa shape index (κ3) is 3.07. The maximum Gasteiger partial charge on any atom is 0.290 e. The molecule has 0 fully saturated rings. The third-order valence-corrected chi connectivity index (χ3v) is 4.55. The number of hydrogen-bond acceptors (Lipinski definition) is 4. The Balaban J connectivity index is 1.88. The second-order valence-corrected chi connectivity index (χ2v) is 6.44. The Morgan fingerprint density at radius 2 is 1.93 bits per heavy atom. The number of pyridine rings is 1. The fraction of sp³-hybridized carbons (Fsp3) is 0.0952. The van der Waals surface area contributed by atoms with Gasteiger partial charge in [-0.25, -0.2) is 9.71 Å². The highest BCUT2D eigenvalue weighted by Crippen LogP contribution is 2.38. The molecule has 6 heteroatoms. The number of nitrogen functional groups attached to an aromatic ring is 1. The lowest BCUT2D eigenvalue weighted by molar-refractivity contribution is -0.586. The van der Waals surface area contributed by atoms with Gasteiger partial charge < -0.3 is 21.4 Å². The second kappa shape index (κ2) is 6.66. The number of nitrogens with one attached hydrogen (secondary N) is 1. The van der Waals surface area contributed by atoms with Crippen molar-refractivity contribution in [3.63, 3.8) is 0 Å². The first kappa shape index (κ1) is 16.9. The molecule has 0 saturated carbocycles. The minimum Gasteiger partial charge on any atom is -0.710 e. The number of aromatic nitrogens is 2. The van der Waals surface area contributed by atoms with Gasteiger partial charge in [0, 0.05) is 23.4 Å². The summed E-state index contributed by atoms with van der Waals surface area (Å²) in [6, 6.07) is 16.9. The maximum absolute atomic E-state index is 12.3. The first-order valence-corrected chi connectivity index (χ1v) is 8.64. The van der Waals surface area contributed by atoms with E-state index in [0.29, 0.717) is 35.1 Å². The molecule has 0 spiro atoms. The number of H-pyrrole nitrogens is 1. The molecule has 27 heavy (non-hydrogen) atoms. The van der Waals surface area contributed by atoms with Crippen LogP contribution in [-0.4, -0.2) is 4.98 Å². The van der Waals surface area contributed by atoms with E-state index in [4.69, 9.17) is 16.2 Å². The van der Waals surface area contributed by atoms with E-state index in [0.717, 1.165) is 26.8 Å². The molecule has 2 aromatic heterocycles. The van der Waals surface area contributed by atoms with Crippen molar-refractivity contribution < 1.29 is 9.47 Å². The number of anilines is 1. The number of aryl methyl sites for hydroxylation is 1. The molecule has 4 aromatic rings. The molecule has 0 bridgehead atoms. The lowest BCUT2D eigenvalue weighted by Crippen LogP contribution is -2.31. The van der Waals surface area contributed by atoms with Crippen LogP contribution in [0.4, 0.5) is 5.69 Å². The highest BCUT2D eigenvalue weighted by molar-refractivity contribution is 5.94. The van der Waals surface area contributed by atoms with Crippen molar-refractivity contribution in [2.45, 2.75) is 13.5 Å². The SMILES string of the molecule is Cc1cc(-c2cc(N)ccc2Oc2cccc(CN)c2)c2cc[nH]c2[n+]1[O-]. The normalized spacial score (nSPS) is 11.0. The zero-order valence-electron chi connectivity index (χ0n) is 14.9. The minimum atomic E-state index is 0.442. The minimum absolute atomic E-state index is 0.442. The fourth-order valence-electron chi connectivity index (χ4n) is 3.20. The summed E-state index contributed by atoms with van der Waals surface area (Å²) in [4.78, 5) is 3.00. The van der Waals surface area contributed by atoms with Crippen LogP contribution < -0.4 is 20.9 Å². The topological polar surface area (TPSA) is 104 Å². The van der Waals surface area contributed by atoms with Crippen molar-refractivity contribution in [1.82, 2.24) is 4.98 Å². The van der Waals surface area contributed by atoms with Crippen molar-refractivity contribution in [2.24, 2.45) is 5.73 Å². The van der Waals surface area contributed by atoms with Crippen LogP contribution in [-0.2, 0) is 6.54 Å². The van der Waals surface area contributed by atoms with Crippen molar-refractivity contribution in [3.8, 4) is 22.6 Å². The summed E-state index contributed by atoms with van der Waals surface area (Å²) in [5, 5.41) is 13.1. The number of aromatic amines is 1. The number of hydrogen-bond donors (Lipinski definition) is 3. The monoisotopic (exact) mass is 360 g/mol. The van der Waals surface area contributed by atoms with Crippen molar-refractivity contribution in [3.05, 3.63) is 77.3 Å². The molecule has 0 saturated heterocycles. The van der Waals surface area contributed by atoms with Crippen LogP contribution in [0.2, 0.25) is 0 Å². The quantitative estimate of drug-likeness (QED) is 0.294. The van der Waals surface area contributed by atoms with E-state index in [9.17, 15) is 5.21 Å². The van der Waals surface area contributed by atoms with E-state index in [-0.39, 0.29) is 0 Å². The van der Waals surface area contributed by atoms with Gasteiger partial charge in [-0.3, -0.25) is 0 Å². The van der Waals surface area contributed by atoms with Gasteiger partial charge in [0.1, 0.15) is 17.2 Å². The second-order valence-electron chi connectivity index (χ2n) is 6.44. The number of nitrogens with two attached hydrogens (primary N) is 2. The molecule has 136 valence electrons. The van der Waals surface area contributed by atoms with E-state index in [2.05, 4.69) is 4.98 Å². The number of rotatable bonds is 4. The summed E-state index contributed by atoms with van der Waals surface area (Å²) < 4.78 is 7.04. The van der Waals surface area contributed by atoms with Gasteiger partial charge in [0.2, 0.25) is 0 Å². The first-order valence-electron chi connectivity index (χ1n) is 8.64. The Hall–Kier alpha value is -3.51. The lowest BCUT2D eigenvalue weighted by atomic mass is 10.0. The molecule has 0 aliphatic rings. The van der Waals surface area contributed by atoms with E-state index in [1.54, 1.807) is 19.2 Å². The highest BCUT2D eigenvalue weighted by atomic mass is 16.5. The molecule has 0 aliphatic carbocycles. The Morgan fingerprint density at radius 1 is 1.07 bits per heavy atom. The van der Waals surface area contributed by atoms with Crippen LogP contribution in [0.3, 0.4) is 0 Å². The Morgan fingerprint density at radius 3 is 2.74 bits per heavy atom. The van der Waals surface area contributed by atoms with Gasteiger partial charge in [-0.1, -0.05) is 12.1 Å². The standard InChI is InChI=1S/C21H20N4O2/c1-13-9-18(17-7-8-24-21(17)25(13)26)19-11-15(23)5-6-20(19)27-16-4-2-3-14(10-16)12-22/h2-11,24H,12,22-23H2,1H3. The molecule has 0 amide bonds. The molecular formula is C21H20N4O2. The largest absolute Gasteiger partial charge is 0.710 e. The van der Waals surface area contributed by atoms with Crippen LogP contribution in [0.25, 0.3) is 22.2 Å². The lowest BCUT2D eigenvalue weighted by Gasteiger charge is -2.15. The summed E-state index contributed by atoms with van der Waals surface area (Å²) >= 11 is 0. The van der Waals surface area contributed by atoms with Crippen LogP contribution in [0.15, 0.2) is 60.8 Å². The van der Waals surface area contributed by atoms with Crippen LogP contribution >= 0.6 is 0 Å². The van der Waals surface area contributed by atoms with Gasteiger partial charge >= 0.3 is 0 Å². The molecular weight excluding hydrogens is 340 g/mol. The van der Waals surface area contributed by atoms with Crippen LogP contribution in [0.5, 0.6) is 11.5 Å². The highest BCUT2D eigenvalue weighted by Gasteiger charge is 2.17. The third-order valence-electron chi connectivity index (χ3n) is 4.55. The van der Waals surface area contributed by atoms with E-state index in [1.807, 2.05) is 48.5 Å². The molecule has 0 unspecified atom stereocenters. The maximum atomic E-state index is 12.3. The fourth-order valence-corrected chi connectivity index (χ4v) is 3.20. The predicted molar refractivity (Wildman–Crippen MR) is 106 cm³/mol. The zero-order valence-corrected chi connectivity index (χ0v) is 14.9. The van der Waals surface area contributed by atoms with E-state index >= 15 is 0 Å². The van der Waals surface area contributed by atoms with Gasteiger partial charge in [0.15, 0.2) is 0 Å². The molecule has 2 heterocycles. The van der Waals surface area contributed by atoms with Gasteiger partial charge in [0.05, 0.1) is 11.6 Å². The van der Waals surface area contributed by atoms with Crippen molar-refractivity contribution in [1.29, 1.82) is 0 Å². The van der Waals surface area contributed by atoms with Gasteiger partial charge in [-0.05, 0) is 55.0 Å². The molecule has 4 rings (SSSR count). The molecule has 2 aromatic carbocycles. The number of benzene rings is 2. The smallest absolute Gasteiger partial charge is 0.290 e. The Bertz CT molecular complexity index is 1130. The van der Waals surface area contributed by atoms with Gasteiger partial charge in [-0.2, -0.15) is 0 Å². The Labute approximate surface area is 156 Å². The molecule has 5 N–H and O–H groups in total. The van der Waals surface area contributed by atoms with Crippen molar-refractivity contribution in [2.75, 3.05) is 5.73 Å². The number of ether oxygens (including phenoxy) is 1. The van der Waals surface area contributed by atoms with Crippen molar-refractivity contribution >= 4 is 16.7 Å². The summed E-state index contributed by atoms with van der Waals surface area (Å²) in [7, 11) is 0.